The van der Waals surface area contributed by atoms with Gasteiger partial charge in [-0.1, -0.05) is 31.5 Å². The van der Waals surface area contributed by atoms with E-state index in [0.29, 0.717) is 12.3 Å². The smallest absolute Gasteiger partial charge is 0.260 e. The lowest BCUT2D eigenvalue weighted by Gasteiger charge is -2.15. The summed E-state index contributed by atoms with van der Waals surface area (Å²) in [5.74, 6) is 0.549. The highest BCUT2D eigenvalue weighted by atomic mass is 16.5. The lowest BCUT2D eigenvalue weighted by atomic mass is 10.2. The first-order valence-corrected chi connectivity index (χ1v) is 7.00. The highest BCUT2D eigenvalue weighted by molar-refractivity contribution is 5.85. The second kappa shape index (κ2) is 6.89. The predicted octanol–water partition coefficient (Wildman–Crippen LogP) is 2.92. The largest absolute Gasteiger partial charge is 0.479 e. The molecule has 0 aliphatic carbocycles. The quantitative estimate of drug-likeness (QED) is 0.823. The molecule has 1 amide bonds. The molecule has 0 spiro atoms. The van der Waals surface area contributed by atoms with Gasteiger partial charge in [-0.3, -0.25) is 9.78 Å². The number of fused-ring (bicyclic) bond motifs is 1. The normalized spacial score (nSPS) is 12.1. The lowest BCUT2D eigenvalue weighted by Crippen LogP contribution is -2.36. The van der Waals surface area contributed by atoms with Gasteiger partial charge in [0.05, 0.1) is 0 Å². The van der Waals surface area contributed by atoms with Gasteiger partial charge in [-0.05, 0) is 25.5 Å². The van der Waals surface area contributed by atoms with Gasteiger partial charge in [-0.25, -0.2) is 0 Å². The van der Waals surface area contributed by atoms with Crippen molar-refractivity contribution in [2.75, 3.05) is 6.54 Å². The molecule has 1 heterocycles. The Morgan fingerprint density at radius 2 is 2.15 bits per heavy atom. The molecular weight excluding hydrogens is 252 g/mol. The van der Waals surface area contributed by atoms with Crippen molar-refractivity contribution in [1.82, 2.24) is 10.3 Å². The minimum Gasteiger partial charge on any atom is -0.479 e. The number of pyridine rings is 1. The summed E-state index contributed by atoms with van der Waals surface area (Å²) < 4.78 is 5.75. The highest BCUT2D eigenvalue weighted by Crippen LogP contribution is 2.23. The molecule has 4 nitrogen and oxygen atoms in total. The van der Waals surface area contributed by atoms with Crippen LogP contribution < -0.4 is 10.1 Å². The molecule has 0 aliphatic rings. The van der Waals surface area contributed by atoms with Crippen LogP contribution >= 0.6 is 0 Å². The van der Waals surface area contributed by atoms with Gasteiger partial charge >= 0.3 is 0 Å². The zero-order chi connectivity index (χ0) is 14.4. The number of unbranched alkanes of at least 4 members (excludes halogenated alkanes) is 1. The van der Waals surface area contributed by atoms with Crippen molar-refractivity contribution in [1.29, 1.82) is 0 Å². The van der Waals surface area contributed by atoms with Gasteiger partial charge in [0.15, 0.2) is 6.10 Å². The number of carbonyl (C=O) groups is 1. The molecule has 0 saturated heterocycles. The van der Waals surface area contributed by atoms with Crippen molar-refractivity contribution in [2.45, 2.75) is 32.8 Å². The number of para-hydroxylation sites is 1. The molecule has 1 aromatic carbocycles. The summed E-state index contributed by atoms with van der Waals surface area (Å²) in [6.07, 6.45) is 3.23. The first kappa shape index (κ1) is 14.3. The minimum atomic E-state index is -0.528. The molecule has 0 bridgehead atoms. The summed E-state index contributed by atoms with van der Waals surface area (Å²) >= 11 is 0. The number of hydrogen-bond acceptors (Lipinski definition) is 3. The Morgan fingerprint density at radius 3 is 2.95 bits per heavy atom. The van der Waals surface area contributed by atoms with E-state index in [1.165, 1.54) is 0 Å². The third-order valence-corrected chi connectivity index (χ3v) is 3.10. The molecule has 1 atom stereocenters. The maximum absolute atomic E-state index is 11.9. The van der Waals surface area contributed by atoms with E-state index < -0.39 is 6.10 Å². The van der Waals surface area contributed by atoms with Crippen LogP contribution in [-0.2, 0) is 4.79 Å². The van der Waals surface area contributed by atoms with Crippen molar-refractivity contribution >= 4 is 16.8 Å². The van der Waals surface area contributed by atoms with Gasteiger partial charge in [-0.2, -0.15) is 0 Å². The van der Waals surface area contributed by atoms with E-state index in [9.17, 15) is 4.79 Å². The van der Waals surface area contributed by atoms with Crippen molar-refractivity contribution < 1.29 is 9.53 Å². The lowest BCUT2D eigenvalue weighted by molar-refractivity contribution is -0.127. The number of hydrogen-bond donors (Lipinski definition) is 1. The van der Waals surface area contributed by atoms with Gasteiger partial charge in [0.1, 0.15) is 11.3 Å². The number of aromatic nitrogens is 1. The first-order chi connectivity index (χ1) is 9.72. The van der Waals surface area contributed by atoms with Crippen LogP contribution in [0.2, 0.25) is 0 Å². The van der Waals surface area contributed by atoms with Crippen molar-refractivity contribution in [3.05, 3.63) is 36.5 Å². The van der Waals surface area contributed by atoms with Crippen molar-refractivity contribution in [3.8, 4) is 5.75 Å². The average molecular weight is 272 g/mol. The Bertz CT molecular complexity index is 578. The Hall–Kier alpha value is -2.10. The van der Waals surface area contributed by atoms with Crippen LogP contribution in [0.3, 0.4) is 0 Å². The fourth-order valence-corrected chi connectivity index (χ4v) is 1.95. The molecule has 0 saturated carbocycles. The van der Waals surface area contributed by atoms with E-state index >= 15 is 0 Å². The zero-order valence-corrected chi connectivity index (χ0v) is 11.9. The monoisotopic (exact) mass is 272 g/mol. The molecule has 1 unspecified atom stereocenters. The summed E-state index contributed by atoms with van der Waals surface area (Å²) in [6.45, 7) is 4.54. The Balaban J connectivity index is 2.06. The maximum Gasteiger partial charge on any atom is 0.260 e. The van der Waals surface area contributed by atoms with Gasteiger partial charge in [0, 0.05) is 18.1 Å². The minimum absolute atomic E-state index is 0.0913. The van der Waals surface area contributed by atoms with Crippen LogP contribution in [0.15, 0.2) is 36.5 Å². The maximum atomic E-state index is 11.9. The number of ether oxygens (including phenoxy) is 1. The molecule has 106 valence electrons. The van der Waals surface area contributed by atoms with E-state index in [0.717, 1.165) is 23.7 Å². The summed E-state index contributed by atoms with van der Waals surface area (Å²) in [4.78, 5) is 16.2. The van der Waals surface area contributed by atoms with Crippen LogP contribution in [0.1, 0.15) is 26.7 Å². The van der Waals surface area contributed by atoms with Crippen LogP contribution in [0.4, 0.5) is 0 Å². The van der Waals surface area contributed by atoms with E-state index in [-0.39, 0.29) is 5.91 Å². The zero-order valence-electron chi connectivity index (χ0n) is 11.9. The molecular formula is C16H20N2O2. The standard InChI is InChI=1S/C16H20N2O2/c1-3-4-10-18-16(19)12(2)20-14-9-5-7-13-8-6-11-17-15(13)14/h5-9,11-12H,3-4,10H2,1-2H3,(H,18,19). The van der Waals surface area contributed by atoms with E-state index in [1.54, 1.807) is 13.1 Å². The summed E-state index contributed by atoms with van der Waals surface area (Å²) in [5.41, 5.74) is 0.781. The fourth-order valence-electron chi connectivity index (χ4n) is 1.95. The Kier molecular flexibility index (Phi) is 4.93. The summed E-state index contributed by atoms with van der Waals surface area (Å²) in [6, 6.07) is 9.57. The van der Waals surface area contributed by atoms with Crippen LogP contribution in [0.25, 0.3) is 10.9 Å². The molecule has 0 fully saturated rings. The molecule has 2 aromatic rings. The third-order valence-electron chi connectivity index (χ3n) is 3.10. The third kappa shape index (κ3) is 3.47. The molecule has 0 aliphatic heterocycles. The number of amides is 1. The van der Waals surface area contributed by atoms with Gasteiger partial charge in [-0.15, -0.1) is 0 Å². The molecule has 0 radical (unpaired) electrons. The molecule has 20 heavy (non-hydrogen) atoms. The topological polar surface area (TPSA) is 51.2 Å². The molecule has 1 N–H and O–H groups in total. The number of nitrogens with zero attached hydrogens (tertiary/aromatic N) is 1. The number of carbonyl (C=O) groups excluding carboxylic acids is 1. The fraction of sp³-hybridized carbons (Fsp3) is 0.375. The molecule has 2 rings (SSSR count). The second-order valence-electron chi connectivity index (χ2n) is 4.74. The predicted molar refractivity (Wildman–Crippen MR) is 79.8 cm³/mol. The first-order valence-electron chi connectivity index (χ1n) is 7.00. The SMILES string of the molecule is CCCCNC(=O)C(C)Oc1cccc2cccnc12. The second-order valence-corrected chi connectivity index (χ2v) is 4.74. The van der Waals surface area contributed by atoms with Crippen LogP contribution in [0.5, 0.6) is 5.75 Å². The van der Waals surface area contributed by atoms with Gasteiger partial charge < -0.3 is 10.1 Å². The molecule has 1 aromatic heterocycles. The van der Waals surface area contributed by atoms with Crippen molar-refractivity contribution in [2.24, 2.45) is 0 Å². The van der Waals surface area contributed by atoms with E-state index in [2.05, 4.69) is 17.2 Å². The van der Waals surface area contributed by atoms with E-state index in [1.807, 2.05) is 30.3 Å². The number of nitrogens with one attached hydrogen (secondary N) is 1. The highest BCUT2D eigenvalue weighted by Gasteiger charge is 2.15. The number of benzene rings is 1. The van der Waals surface area contributed by atoms with Gasteiger partial charge in [0.25, 0.3) is 5.91 Å². The summed E-state index contributed by atoms with van der Waals surface area (Å²) in [7, 11) is 0. The number of rotatable bonds is 6. The Labute approximate surface area is 119 Å². The van der Waals surface area contributed by atoms with Crippen LogP contribution in [0, 0.1) is 0 Å². The van der Waals surface area contributed by atoms with E-state index in [4.69, 9.17) is 4.74 Å². The van der Waals surface area contributed by atoms with Crippen LogP contribution in [-0.4, -0.2) is 23.5 Å². The summed E-state index contributed by atoms with van der Waals surface area (Å²) in [5, 5.41) is 3.87. The Morgan fingerprint density at radius 1 is 1.35 bits per heavy atom. The van der Waals surface area contributed by atoms with Crippen molar-refractivity contribution in [3.63, 3.8) is 0 Å². The average Bonchev–Trinajstić information content (AvgIpc) is 2.47. The van der Waals surface area contributed by atoms with Gasteiger partial charge in [0.2, 0.25) is 0 Å². The molecule has 4 heteroatoms.